The highest BCUT2D eigenvalue weighted by molar-refractivity contribution is 6.32. The van der Waals surface area contributed by atoms with Crippen LogP contribution in [0.15, 0.2) is 12.5 Å². The number of halogens is 1. The van der Waals surface area contributed by atoms with E-state index >= 15 is 0 Å². The van der Waals surface area contributed by atoms with Crippen molar-refractivity contribution in [3.8, 4) is 0 Å². The molecule has 15 heavy (non-hydrogen) atoms. The van der Waals surface area contributed by atoms with Crippen LogP contribution in [0.25, 0.3) is 5.52 Å². The summed E-state index contributed by atoms with van der Waals surface area (Å²) in [6, 6.07) is 0. The molecule has 2 heterocycles. The maximum Gasteiger partial charge on any atom is 0.337 e. The van der Waals surface area contributed by atoms with Gasteiger partial charge in [0.1, 0.15) is 11.8 Å². The minimum Gasteiger partial charge on any atom is -0.478 e. The van der Waals surface area contributed by atoms with Crippen LogP contribution < -0.4 is 0 Å². The molecule has 0 spiro atoms. The molecule has 2 rings (SSSR count). The predicted octanol–water partition coefficient (Wildman–Crippen LogP) is 1.64. The highest BCUT2D eigenvalue weighted by Crippen LogP contribution is 2.23. The molecule has 0 aromatic carbocycles. The molecule has 2 aromatic rings. The Kier molecular flexibility index (Phi) is 2.32. The first-order valence-corrected chi connectivity index (χ1v) is 4.77. The largest absolute Gasteiger partial charge is 0.478 e. The van der Waals surface area contributed by atoms with E-state index in [0.717, 1.165) is 0 Å². The number of carboxylic acids is 1. The van der Waals surface area contributed by atoms with Gasteiger partial charge in [0.05, 0.1) is 5.56 Å². The molecule has 5 nitrogen and oxygen atoms in total. The van der Waals surface area contributed by atoms with Gasteiger partial charge in [-0.05, 0) is 12.0 Å². The lowest BCUT2D eigenvalue weighted by molar-refractivity contribution is 0.0696. The number of aromatic nitrogens is 3. The Balaban J connectivity index is 2.86. The summed E-state index contributed by atoms with van der Waals surface area (Å²) in [4.78, 5) is 14.8. The van der Waals surface area contributed by atoms with Gasteiger partial charge in [0.25, 0.3) is 0 Å². The lowest BCUT2D eigenvalue weighted by Crippen LogP contribution is -1.97. The van der Waals surface area contributed by atoms with Crippen molar-refractivity contribution in [1.82, 2.24) is 14.6 Å². The summed E-state index contributed by atoms with van der Waals surface area (Å²) in [5, 5.41) is 13.2. The van der Waals surface area contributed by atoms with E-state index < -0.39 is 5.97 Å². The Hall–Kier alpha value is -1.62. The first-order valence-electron chi connectivity index (χ1n) is 4.39. The second-order valence-corrected chi connectivity index (χ2v) is 3.38. The molecule has 0 amide bonds. The van der Waals surface area contributed by atoms with Crippen molar-refractivity contribution in [2.75, 3.05) is 0 Å². The first kappa shape index (κ1) is 9.92. The average Bonchev–Trinajstić information content (AvgIpc) is 2.57. The Morgan fingerprint density at radius 2 is 2.40 bits per heavy atom. The predicted molar refractivity (Wildman–Crippen MR) is 54.3 cm³/mol. The van der Waals surface area contributed by atoms with E-state index in [4.69, 9.17) is 16.7 Å². The lowest BCUT2D eigenvalue weighted by atomic mass is 10.1. The average molecular weight is 226 g/mol. The third-order valence-electron chi connectivity index (χ3n) is 2.22. The number of aryl methyl sites for hydroxylation is 1. The van der Waals surface area contributed by atoms with Crippen molar-refractivity contribution in [2.45, 2.75) is 13.3 Å². The van der Waals surface area contributed by atoms with Crippen LogP contribution in [0.5, 0.6) is 0 Å². The van der Waals surface area contributed by atoms with Crippen LogP contribution in [0.4, 0.5) is 0 Å². The maximum absolute atomic E-state index is 11.0. The zero-order valence-electron chi connectivity index (χ0n) is 7.94. The zero-order valence-corrected chi connectivity index (χ0v) is 8.69. The molecule has 0 aliphatic carbocycles. The first-order chi connectivity index (χ1) is 7.15. The molecule has 0 atom stereocenters. The fraction of sp³-hybridized carbons (Fsp3) is 0.222. The molecule has 1 N–H and O–H groups in total. The van der Waals surface area contributed by atoms with Crippen molar-refractivity contribution >= 4 is 23.1 Å². The van der Waals surface area contributed by atoms with Crippen LogP contribution >= 0.6 is 11.6 Å². The molecule has 0 unspecified atom stereocenters. The van der Waals surface area contributed by atoms with Gasteiger partial charge in [0.2, 0.25) is 0 Å². The number of hydrogen-bond acceptors (Lipinski definition) is 3. The Morgan fingerprint density at radius 3 is 3.00 bits per heavy atom. The van der Waals surface area contributed by atoms with Gasteiger partial charge in [0.15, 0.2) is 5.15 Å². The van der Waals surface area contributed by atoms with Crippen molar-refractivity contribution in [2.24, 2.45) is 0 Å². The van der Waals surface area contributed by atoms with E-state index in [1.807, 2.05) is 6.92 Å². The van der Waals surface area contributed by atoms with Gasteiger partial charge in [-0.3, -0.25) is 0 Å². The molecule has 0 saturated carbocycles. The molecule has 0 fully saturated rings. The highest BCUT2D eigenvalue weighted by atomic mass is 35.5. The number of hydrogen-bond donors (Lipinski definition) is 1. The minimum absolute atomic E-state index is 0.222. The van der Waals surface area contributed by atoms with Crippen molar-refractivity contribution in [1.29, 1.82) is 0 Å². The summed E-state index contributed by atoms with van der Waals surface area (Å²) in [5.41, 5.74) is 1.45. The van der Waals surface area contributed by atoms with Gasteiger partial charge in [0, 0.05) is 6.20 Å². The van der Waals surface area contributed by atoms with E-state index in [0.29, 0.717) is 17.5 Å². The van der Waals surface area contributed by atoms with Crippen LogP contribution in [-0.4, -0.2) is 25.7 Å². The molecule has 0 aliphatic heterocycles. The summed E-state index contributed by atoms with van der Waals surface area (Å²) >= 11 is 5.89. The molecular weight excluding hydrogens is 218 g/mol. The van der Waals surface area contributed by atoms with Crippen LogP contribution in [0.2, 0.25) is 5.15 Å². The number of carboxylic acid groups (broad SMARTS) is 1. The van der Waals surface area contributed by atoms with Crippen LogP contribution in [0.1, 0.15) is 22.8 Å². The monoisotopic (exact) mass is 225 g/mol. The van der Waals surface area contributed by atoms with Gasteiger partial charge in [-0.25, -0.2) is 14.3 Å². The summed E-state index contributed by atoms with van der Waals surface area (Å²) in [6.45, 7) is 1.87. The normalized spacial score (nSPS) is 10.8. The zero-order chi connectivity index (χ0) is 11.0. The van der Waals surface area contributed by atoms with Gasteiger partial charge >= 0.3 is 5.97 Å². The topological polar surface area (TPSA) is 67.5 Å². The molecule has 0 radical (unpaired) electrons. The quantitative estimate of drug-likeness (QED) is 0.844. The number of aromatic carboxylic acids is 1. The molecule has 2 aromatic heterocycles. The van der Waals surface area contributed by atoms with Crippen molar-refractivity contribution in [3.63, 3.8) is 0 Å². The van der Waals surface area contributed by atoms with Gasteiger partial charge in [-0.1, -0.05) is 18.5 Å². The fourth-order valence-corrected chi connectivity index (χ4v) is 1.82. The van der Waals surface area contributed by atoms with Crippen molar-refractivity contribution < 1.29 is 9.90 Å². The SMILES string of the molecule is CCc1c(C(=O)O)cn2ncnc(Cl)c12. The summed E-state index contributed by atoms with van der Waals surface area (Å²) in [7, 11) is 0. The molecule has 6 heteroatoms. The maximum atomic E-state index is 11.0. The van der Waals surface area contributed by atoms with E-state index in [9.17, 15) is 4.79 Å². The number of fused-ring (bicyclic) bond motifs is 1. The van der Waals surface area contributed by atoms with Crippen LogP contribution in [-0.2, 0) is 6.42 Å². The minimum atomic E-state index is -0.978. The van der Waals surface area contributed by atoms with Crippen LogP contribution in [0, 0.1) is 0 Å². The van der Waals surface area contributed by atoms with E-state index in [2.05, 4.69) is 10.1 Å². The highest BCUT2D eigenvalue weighted by Gasteiger charge is 2.17. The summed E-state index contributed by atoms with van der Waals surface area (Å²) < 4.78 is 1.44. The van der Waals surface area contributed by atoms with Gasteiger partial charge < -0.3 is 5.11 Å². The van der Waals surface area contributed by atoms with Gasteiger partial charge in [-0.2, -0.15) is 5.10 Å². The molecule has 0 bridgehead atoms. The molecule has 0 aliphatic rings. The van der Waals surface area contributed by atoms with Crippen molar-refractivity contribution in [3.05, 3.63) is 28.8 Å². The number of carbonyl (C=O) groups is 1. The Labute approximate surface area is 90.3 Å². The Morgan fingerprint density at radius 1 is 1.67 bits per heavy atom. The van der Waals surface area contributed by atoms with E-state index in [1.165, 1.54) is 17.0 Å². The lowest BCUT2D eigenvalue weighted by Gasteiger charge is -1.98. The second kappa shape index (κ2) is 3.51. The summed E-state index contributed by atoms with van der Waals surface area (Å²) in [6.07, 6.45) is 3.32. The third kappa shape index (κ3) is 1.45. The molecular formula is C9H8ClN3O2. The second-order valence-electron chi connectivity index (χ2n) is 3.02. The van der Waals surface area contributed by atoms with E-state index in [1.54, 1.807) is 0 Å². The third-order valence-corrected chi connectivity index (χ3v) is 2.49. The standard InChI is InChI=1S/C9H8ClN3O2/c1-2-5-6(9(14)15)3-13-7(5)8(10)11-4-12-13/h3-4H,2H2,1H3,(H,14,15). The fourth-order valence-electron chi connectivity index (χ4n) is 1.58. The smallest absolute Gasteiger partial charge is 0.337 e. The Bertz CT molecular complexity index is 535. The number of nitrogens with zero attached hydrogens (tertiary/aromatic N) is 3. The molecule has 78 valence electrons. The van der Waals surface area contributed by atoms with Crippen LogP contribution in [0.3, 0.4) is 0 Å². The van der Waals surface area contributed by atoms with Gasteiger partial charge in [-0.15, -0.1) is 0 Å². The van der Waals surface area contributed by atoms with E-state index in [-0.39, 0.29) is 10.7 Å². The molecule has 0 saturated heterocycles. The number of rotatable bonds is 2. The summed E-state index contributed by atoms with van der Waals surface area (Å²) in [5.74, 6) is -0.978.